The van der Waals surface area contributed by atoms with Crippen LogP contribution in [0.1, 0.15) is 11.1 Å². The van der Waals surface area contributed by atoms with Gasteiger partial charge in [-0.1, -0.05) is 36.4 Å². The fourth-order valence-corrected chi connectivity index (χ4v) is 3.67. The average Bonchev–Trinajstić information content (AvgIpc) is 3.07. The van der Waals surface area contributed by atoms with E-state index in [-0.39, 0.29) is 23.9 Å². The number of carbonyl (C=O) groups excluding carboxylic acids is 1. The smallest absolute Gasteiger partial charge is 0.242 e. The predicted octanol–water partition coefficient (Wildman–Crippen LogP) is 2.63. The molecule has 25 heavy (non-hydrogen) atoms. The summed E-state index contributed by atoms with van der Waals surface area (Å²) in [6.07, 6.45) is 3.52. The minimum absolute atomic E-state index is 0.0149. The number of amides is 1. The number of nitrogens with zero attached hydrogens (tertiary/aromatic N) is 2. The molecule has 1 aliphatic carbocycles. The van der Waals surface area contributed by atoms with Gasteiger partial charge in [0.15, 0.2) is 5.43 Å². The number of hydrogen-bond donors (Lipinski definition) is 0. The fourth-order valence-electron chi connectivity index (χ4n) is 3.67. The molecule has 0 saturated carbocycles. The molecule has 4 heteroatoms. The Labute approximate surface area is 146 Å². The molecule has 0 fully saturated rings. The van der Waals surface area contributed by atoms with Gasteiger partial charge in [0.2, 0.25) is 5.91 Å². The Hall–Kier alpha value is -2.88. The molecule has 126 valence electrons. The van der Waals surface area contributed by atoms with Gasteiger partial charge in [0.05, 0.1) is 5.52 Å². The van der Waals surface area contributed by atoms with E-state index in [2.05, 4.69) is 24.3 Å². The molecule has 0 radical (unpaired) electrons. The monoisotopic (exact) mass is 332 g/mol. The lowest BCUT2D eigenvalue weighted by atomic mass is 10.1. The molecular weight excluding hydrogens is 312 g/mol. The maximum absolute atomic E-state index is 12.8. The van der Waals surface area contributed by atoms with Crippen LogP contribution in [0.5, 0.6) is 0 Å². The van der Waals surface area contributed by atoms with Crippen LogP contribution in [-0.4, -0.2) is 28.5 Å². The highest BCUT2D eigenvalue weighted by Gasteiger charge is 2.27. The molecule has 0 saturated heterocycles. The van der Waals surface area contributed by atoms with Gasteiger partial charge in [-0.15, -0.1) is 0 Å². The van der Waals surface area contributed by atoms with Gasteiger partial charge in [-0.3, -0.25) is 9.59 Å². The molecule has 4 rings (SSSR count). The number of rotatable bonds is 3. The maximum Gasteiger partial charge on any atom is 0.242 e. The van der Waals surface area contributed by atoms with E-state index < -0.39 is 0 Å². The Kier molecular flexibility index (Phi) is 3.88. The summed E-state index contributed by atoms with van der Waals surface area (Å²) in [5.41, 5.74) is 3.45. The molecule has 1 aromatic heterocycles. The van der Waals surface area contributed by atoms with Crippen molar-refractivity contribution in [2.45, 2.75) is 25.4 Å². The number of para-hydroxylation sites is 1. The lowest BCUT2D eigenvalue weighted by molar-refractivity contribution is -0.132. The first-order valence-electron chi connectivity index (χ1n) is 8.54. The molecule has 1 aliphatic rings. The summed E-state index contributed by atoms with van der Waals surface area (Å²) in [4.78, 5) is 26.6. The fraction of sp³-hybridized carbons (Fsp3) is 0.238. The largest absolute Gasteiger partial charge is 0.341 e. The quantitative estimate of drug-likeness (QED) is 0.740. The second-order valence-corrected chi connectivity index (χ2v) is 6.66. The van der Waals surface area contributed by atoms with Crippen molar-refractivity contribution in [1.29, 1.82) is 0 Å². The van der Waals surface area contributed by atoms with Crippen molar-refractivity contribution in [2.24, 2.45) is 0 Å². The Balaban J connectivity index is 1.55. The Morgan fingerprint density at radius 2 is 1.68 bits per heavy atom. The number of carbonyl (C=O) groups is 1. The second-order valence-electron chi connectivity index (χ2n) is 6.66. The highest BCUT2D eigenvalue weighted by atomic mass is 16.2. The molecule has 1 amide bonds. The average molecular weight is 332 g/mol. The first-order chi connectivity index (χ1) is 12.1. The molecule has 0 spiro atoms. The molecule has 0 unspecified atom stereocenters. The van der Waals surface area contributed by atoms with Crippen LogP contribution in [0, 0.1) is 0 Å². The highest BCUT2D eigenvalue weighted by Crippen LogP contribution is 2.25. The standard InChI is InChI=1S/C21H20N2O2/c1-22(17-12-15-6-2-3-7-16(15)13-17)21(25)14-23-11-10-20(24)18-8-4-5-9-19(18)23/h2-11,17H,12-14H2,1H3. The van der Waals surface area contributed by atoms with E-state index in [1.807, 2.05) is 34.7 Å². The van der Waals surface area contributed by atoms with Crippen molar-refractivity contribution in [1.82, 2.24) is 9.47 Å². The molecule has 0 atom stereocenters. The third-order valence-corrected chi connectivity index (χ3v) is 5.16. The summed E-state index contributed by atoms with van der Waals surface area (Å²) < 4.78 is 1.86. The number of pyridine rings is 1. The van der Waals surface area contributed by atoms with Gasteiger partial charge in [-0.05, 0) is 36.1 Å². The van der Waals surface area contributed by atoms with Crippen LogP contribution >= 0.6 is 0 Å². The predicted molar refractivity (Wildman–Crippen MR) is 98.6 cm³/mol. The van der Waals surface area contributed by atoms with Crippen molar-refractivity contribution >= 4 is 16.8 Å². The van der Waals surface area contributed by atoms with Crippen LogP contribution in [0.25, 0.3) is 10.9 Å². The van der Waals surface area contributed by atoms with Gasteiger partial charge in [-0.25, -0.2) is 0 Å². The highest BCUT2D eigenvalue weighted by molar-refractivity contribution is 5.82. The number of fused-ring (bicyclic) bond motifs is 2. The molecule has 0 N–H and O–H groups in total. The van der Waals surface area contributed by atoms with Gasteiger partial charge in [0.1, 0.15) is 6.54 Å². The molecular formula is C21H20N2O2. The summed E-state index contributed by atoms with van der Waals surface area (Å²) >= 11 is 0. The molecule has 4 nitrogen and oxygen atoms in total. The summed E-state index contributed by atoms with van der Waals surface area (Å²) in [7, 11) is 1.88. The maximum atomic E-state index is 12.8. The third-order valence-electron chi connectivity index (χ3n) is 5.16. The van der Waals surface area contributed by atoms with Gasteiger partial charge in [0, 0.05) is 30.7 Å². The SMILES string of the molecule is CN(C(=O)Cn1ccc(=O)c2ccccc21)C1Cc2ccccc2C1. The van der Waals surface area contributed by atoms with Crippen LogP contribution in [0.4, 0.5) is 0 Å². The van der Waals surface area contributed by atoms with E-state index in [0.717, 1.165) is 18.4 Å². The number of aromatic nitrogens is 1. The minimum atomic E-state index is -0.0149. The van der Waals surface area contributed by atoms with Gasteiger partial charge in [0.25, 0.3) is 0 Å². The number of likely N-dealkylation sites (N-methyl/N-ethyl adjacent to an activating group) is 1. The molecule has 2 aromatic carbocycles. The van der Waals surface area contributed by atoms with E-state index in [1.54, 1.807) is 12.3 Å². The van der Waals surface area contributed by atoms with Crippen molar-refractivity contribution in [2.75, 3.05) is 7.05 Å². The molecule has 3 aromatic rings. The van der Waals surface area contributed by atoms with Crippen LogP contribution in [-0.2, 0) is 24.2 Å². The van der Waals surface area contributed by atoms with Crippen LogP contribution in [0.3, 0.4) is 0 Å². The van der Waals surface area contributed by atoms with Crippen LogP contribution in [0.2, 0.25) is 0 Å². The second kappa shape index (κ2) is 6.20. The number of hydrogen-bond acceptors (Lipinski definition) is 2. The van der Waals surface area contributed by atoms with Gasteiger partial charge >= 0.3 is 0 Å². The lowest BCUT2D eigenvalue weighted by Gasteiger charge is -2.25. The number of benzene rings is 2. The zero-order valence-electron chi connectivity index (χ0n) is 14.2. The Bertz CT molecular complexity index is 981. The van der Waals surface area contributed by atoms with Crippen LogP contribution < -0.4 is 5.43 Å². The minimum Gasteiger partial charge on any atom is -0.341 e. The van der Waals surface area contributed by atoms with E-state index >= 15 is 0 Å². The van der Waals surface area contributed by atoms with Crippen molar-refractivity contribution in [3.05, 3.63) is 82.1 Å². The first kappa shape index (κ1) is 15.6. The Morgan fingerprint density at radius 3 is 2.40 bits per heavy atom. The van der Waals surface area contributed by atoms with Crippen LogP contribution in [0.15, 0.2) is 65.6 Å². The molecule has 0 bridgehead atoms. The zero-order chi connectivity index (χ0) is 17.4. The van der Waals surface area contributed by atoms with E-state index in [4.69, 9.17) is 0 Å². The van der Waals surface area contributed by atoms with Crippen molar-refractivity contribution < 1.29 is 4.79 Å². The van der Waals surface area contributed by atoms with E-state index in [9.17, 15) is 9.59 Å². The van der Waals surface area contributed by atoms with Crippen molar-refractivity contribution in [3.8, 4) is 0 Å². The van der Waals surface area contributed by atoms with E-state index in [1.165, 1.54) is 17.2 Å². The summed E-state index contributed by atoms with van der Waals surface area (Å²) in [6.45, 7) is 0.240. The summed E-state index contributed by atoms with van der Waals surface area (Å²) in [5.74, 6) is 0.0617. The van der Waals surface area contributed by atoms with Crippen molar-refractivity contribution in [3.63, 3.8) is 0 Å². The zero-order valence-corrected chi connectivity index (χ0v) is 14.2. The van der Waals surface area contributed by atoms with E-state index in [0.29, 0.717) is 5.39 Å². The van der Waals surface area contributed by atoms with Gasteiger partial charge in [-0.2, -0.15) is 0 Å². The third kappa shape index (κ3) is 2.84. The molecule has 0 aliphatic heterocycles. The van der Waals surface area contributed by atoms with Gasteiger partial charge < -0.3 is 9.47 Å². The summed E-state index contributed by atoms with van der Waals surface area (Å²) in [6, 6.07) is 17.5. The topological polar surface area (TPSA) is 42.3 Å². The normalized spacial score (nSPS) is 13.8. The first-order valence-corrected chi connectivity index (χ1v) is 8.54. The molecule has 1 heterocycles. The Morgan fingerprint density at radius 1 is 1.04 bits per heavy atom. The lowest BCUT2D eigenvalue weighted by Crippen LogP contribution is -2.39. The summed E-state index contributed by atoms with van der Waals surface area (Å²) in [5, 5.41) is 0.647.